The van der Waals surface area contributed by atoms with Crippen molar-refractivity contribution >= 4 is 33.0 Å². The quantitative estimate of drug-likeness (QED) is 0.344. The van der Waals surface area contributed by atoms with E-state index >= 15 is 0 Å². The highest BCUT2D eigenvalue weighted by Crippen LogP contribution is 2.27. The van der Waals surface area contributed by atoms with Crippen LogP contribution in [0.25, 0.3) is 11.1 Å². The second kappa shape index (κ2) is 7.52. The number of ether oxygens (including phenoxy) is 1. The Morgan fingerprint density at radius 3 is 2.82 bits per heavy atom. The maximum absolute atomic E-state index is 12.3. The minimum absolute atomic E-state index is 0.0824. The molecule has 146 valence electrons. The van der Waals surface area contributed by atoms with E-state index in [0.717, 1.165) is 6.21 Å². The van der Waals surface area contributed by atoms with Crippen molar-refractivity contribution in [1.29, 1.82) is 0 Å². The highest BCUT2D eigenvalue weighted by molar-refractivity contribution is 7.89. The molecule has 0 amide bonds. The van der Waals surface area contributed by atoms with Crippen LogP contribution in [0.2, 0.25) is 0 Å². The first-order valence-corrected chi connectivity index (χ1v) is 9.37. The van der Waals surface area contributed by atoms with E-state index in [2.05, 4.69) is 10.1 Å². The summed E-state index contributed by atoms with van der Waals surface area (Å²) >= 11 is 0. The Morgan fingerprint density at radius 1 is 1.32 bits per heavy atom. The molecule has 0 radical (unpaired) electrons. The minimum Gasteiger partial charge on any atom is -0.487 e. The smallest absolute Gasteiger partial charge is 0.417 e. The fraction of sp³-hybridized carbons (Fsp3) is 0.125. The van der Waals surface area contributed by atoms with Gasteiger partial charge >= 0.3 is 11.4 Å². The van der Waals surface area contributed by atoms with Gasteiger partial charge < -0.3 is 9.15 Å². The Balaban J connectivity index is 1.81. The number of oxazole rings is 1. The molecule has 1 heterocycles. The van der Waals surface area contributed by atoms with E-state index in [1.54, 1.807) is 6.92 Å². The van der Waals surface area contributed by atoms with Crippen LogP contribution >= 0.6 is 0 Å². The Hall–Kier alpha value is -3.67. The summed E-state index contributed by atoms with van der Waals surface area (Å²) in [5.41, 5.74) is 0.472. The summed E-state index contributed by atoms with van der Waals surface area (Å²) in [5, 5.41) is 14.7. The van der Waals surface area contributed by atoms with E-state index in [9.17, 15) is 23.3 Å². The molecular weight excluding hydrogens is 392 g/mol. The fourth-order valence-electron chi connectivity index (χ4n) is 2.35. The van der Waals surface area contributed by atoms with Crippen LogP contribution in [0.4, 0.5) is 5.69 Å². The predicted molar refractivity (Wildman–Crippen MR) is 99.0 cm³/mol. The van der Waals surface area contributed by atoms with Crippen LogP contribution in [-0.4, -0.2) is 31.1 Å². The second-order valence-electron chi connectivity index (χ2n) is 5.44. The van der Waals surface area contributed by atoms with Gasteiger partial charge in [0.05, 0.1) is 28.2 Å². The van der Waals surface area contributed by atoms with E-state index in [1.165, 1.54) is 36.4 Å². The maximum atomic E-state index is 12.3. The van der Waals surface area contributed by atoms with Gasteiger partial charge in [0, 0.05) is 17.7 Å². The number of hydrogen-bond acceptors (Lipinski definition) is 8. The van der Waals surface area contributed by atoms with Crippen molar-refractivity contribution in [2.45, 2.75) is 11.8 Å². The molecule has 12 heteroatoms. The second-order valence-corrected chi connectivity index (χ2v) is 7.10. The Kier molecular flexibility index (Phi) is 5.13. The normalized spacial score (nSPS) is 11.8. The number of rotatable bonds is 7. The maximum Gasteiger partial charge on any atom is 0.417 e. The largest absolute Gasteiger partial charge is 0.487 e. The topological polar surface area (TPSA) is 157 Å². The minimum atomic E-state index is -4.04. The van der Waals surface area contributed by atoms with Gasteiger partial charge in [0.2, 0.25) is 0 Å². The van der Waals surface area contributed by atoms with Crippen LogP contribution in [0.1, 0.15) is 12.5 Å². The summed E-state index contributed by atoms with van der Waals surface area (Å²) in [4.78, 5) is 25.9. The summed E-state index contributed by atoms with van der Waals surface area (Å²) < 4.78 is 34.6. The van der Waals surface area contributed by atoms with Crippen molar-refractivity contribution < 1.29 is 22.5 Å². The van der Waals surface area contributed by atoms with Gasteiger partial charge in [-0.2, -0.15) is 13.5 Å². The van der Waals surface area contributed by atoms with Crippen LogP contribution in [0.3, 0.4) is 0 Å². The molecule has 3 aromatic rings. The third-order valence-electron chi connectivity index (χ3n) is 3.57. The number of hydrazone groups is 1. The van der Waals surface area contributed by atoms with Crippen LogP contribution in [0, 0.1) is 10.1 Å². The molecule has 0 saturated carbocycles. The standard InChI is InChI=1S/C16H14N4O7S/c1-2-26-14-6-3-10(7-13(14)20(22)23)9-17-19-28(24,25)11-4-5-12-15(8-11)27-16(21)18-12/h3-9,19H,2H2,1H3,(H,18,21)/b17-9+. The SMILES string of the molecule is CCOc1ccc(/C=N/NS(=O)(=O)c2ccc3[nH]c(=O)oc3c2)cc1[N+](=O)[O-]. The first kappa shape index (κ1) is 19.1. The van der Waals surface area contributed by atoms with E-state index < -0.39 is 20.7 Å². The van der Waals surface area contributed by atoms with Gasteiger partial charge in [-0.3, -0.25) is 15.1 Å². The summed E-state index contributed by atoms with van der Waals surface area (Å²) in [6, 6.07) is 7.94. The lowest BCUT2D eigenvalue weighted by atomic mass is 10.2. The number of aromatic amines is 1. The van der Waals surface area contributed by atoms with Crippen LogP contribution in [-0.2, 0) is 10.0 Å². The molecule has 0 fully saturated rings. The number of nitro groups is 1. The van der Waals surface area contributed by atoms with Crippen molar-refractivity contribution in [3.05, 3.63) is 62.6 Å². The van der Waals surface area contributed by atoms with E-state index in [1.807, 2.05) is 4.83 Å². The molecule has 3 rings (SSSR count). The molecule has 0 bridgehead atoms. The molecule has 0 atom stereocenters. The number of nitrogens with one attached hydrogen (secondary N) is 2. The molecule has 0 saturated heterocycles. The molecular formula is C16H14N4O7S. The monoisotopic (exact) mass is 406 g/mol. The highest BCUT2D eigenvalue weighted by Gasteiger charge is 2.16. The highest BCUT2D eigenvalue weighted by atomic mass is 32.2. The molecule has 0 unspecified atom stereocenters. The summed E-state index contributed by atoms with van der Waals surface area (Å²) in [6.45, 7) is 1.96. The number of aromatic nitrogens is 1. The number of nitro benzene ring substituents is 1. The zero-order valence-electron chi connectivity index (χ0n) is 14.4. The number of fused-ring (bicyclic) bond motifs is 1. The predicted octanol–water partition coefficient (Wildman–Crippen LogP) is 1.74. The van der Waals surface area contributed by atoms with Crippen molar-refractivity contribution in [2.75, 3.05) is 6.61 Å². The van der Waals surface area contributed by atoms with Crippen LogP contribution in [0.5, 0.6) is 5.75 Å². The number of benzene rings is 2. The molecule has 1 aromatic heterocycles. The zero-order valence-corrected chi connectivity index (χ0v) is 15.2. The molecule has 0 aliphatic rings. The van der Waals surface area contributed by atoms with Crippen LogP contribution < -0.4 is 15.3 Å². The summed E-state index contributed by atoms with van der Waals surface area (Å²) in [5.74, 6) is -0.598. The third kappa shape index (κ3) is 4.01. The van der Waals surface area contributed by atoms with Gasteiger partial charge in [-0.25, -0.2) is 9.63 Å². The number of H-pyrrole nitrogens is 1. The molecule has 11 nitrogen and oxygen atoms in total. The lowest BCUT2D eigenvalue weighted by molar-refractivity contribution is -0.385. The lowest BCUT2D eigenvalue weighted by Crippen LogP contribution is -2.18. The van der Waals surface area contributed by atoms with E-state index in [0.29, 0.717) is 11.1 Å². The van der Waals surface area contributed by atoms with Gasteiger partial charge in [-0.1, -0.05) is 0 Å². The first-order valence-electron chi connectivity index (χ1n) is 7.89. The van der Waals surface area contributed by atoms with Crippen molar-refractivity contribution in [2.24, 2.45) is 5.10 Å². The van der Waals surface area contributed by atoms with Gasteiger partial charge in [0.25, 0.3) is 10.0 Å². The molecule has 2 N–H and O–H groups in total. The number of hydrogen-bond donors (Lipinski definition) is 2. The average Bonchev–Trinajstić information content (AvgIpc) is 3.02. The Bertz CT molecular complexity index is 1230. The Labute approximate surface area is 157 Å². The third-order valence-corrected chi connectivity index (χ3v) is 4.79. The van der Waals surface area contributed by atoms with Gasteiger partial charge in [0.1, 0.15) is 0 Å². The number of nitrogens with zero attached hydrogens (tertiary/aromatic N) is 2. The van der Waals surface area contributed by atoms with Crippen molar-refractivity contribution in [3.63, 3.8) is 0 Å². The molecule has 0 aliphatic heterocycles. The fourth-order valence-corrected chi connectivity index (χ4v) is 3.16. The summed E-state index contributed by atoms with van der Waals surface area (Å²) in [7, 11) is -4.04. The summed E-state index contributed by atoms with van der Waals surface area (Å²) in [6.07, 6.45) is 1.12. The molecule has 28 heavy (non-hydrogen) atoms. The molecule has 0 aliphatic carbocycles. The van der Waals surface area contributed by atoms with Crippen molar-refractivity contribution in [3.8, 4) is 5.75 Å². The van der Waals surface area contributed by atoms with Gasteiger partial charge in [0.15, 0.2) is 11.3 Å². The van der Waals surface area contributed by atoms with E-state index in [4.69, 9.17) is 9.15 Å². The lowest BCUT2D eigenvalue weighted by Gasteiger charge is -2.05. The van der Waals surface area contributed by atoms with Gasteiger partial charge in [-0.05, 0) is 31.2 Å². The Morgan fingerprint density at radius 2 is 2.11 bits per heavy atom. The van der Waals surface area contributed by atoms with Crippen LogP contribution in [0.15, 0.2) is 55.6 Å². The molecule has 2 aromatic carbocycles. The molecule has 0 spiro atoms. The van der Waals surface area contributed by atoms with Gasteiger partial charge in [-0.15, -0.1) is 0 Å². The van der Waals surface area contributed by atoms with E-state index in [-0.39, 0.29) is 28.5 Å². The first-order chi connectivity index (χ1) is 13.3. The van der Waals surface area contributed by atoms with Crippen molar-refractivity contribution in [1.82, 2.24) is 9.82 Å². The zero-order chi connectivity index (χ0) is 20.3. The average molecular weight is 406 g/mol. The number of sulfonamides is 1.